The Morgan fingerprint density at radius 2 is 1.93 bits per heavy atom. The van der Waals surface area contributed by atoms with Crippen molar-refractivity contribution in [3.05, 3.63) is 53.6 Å². The van der Waals surface area contributed by atoms with Gasteiger partial charge in [-0.05, 0) is 42.2 Å². The van der Waals surface area contributed by atoms with E-state index in [1.165, 1.54) is 12.1 Å². The number of anilines is 1. The van der Waals surface area contributed by atoms with Gasteiger partial charge in [0, 0.05) is 25.9 Å². The van der Waals surface area contributed by atoms with E-state index in [0.717, 1.165) is 12.0 Å². The first-order chi connectivity index (χ1) is 13.5. The average Bonchev–Trinajstić information content (AvgIpc) is 3.08. The van der Waals surface area contributed by atoms with Crippen LogP contribution in [-0.4, -0.2) is 32.3 Å². The van der Waals surface area contributed by atoms with Gasteiger partial charge in [0.25, 0.3) is 0 Å². The minimum absolute atomic E-state index is 0.00277. The molecule has 0 saturated carbocycles. The van der Waals surface area contributed by atoms with Crippen molar-refractivity contribution in [3.8, 4) is 0 Å². The Morgan fingerprint density at radius 3 is 2.68 bits per heavy atom. The number of halogens is 1. The van der Waals surface area contributed by atoms with Gasteiger partial charge in [-0.3, -0.25) is 4.79 Å². The third kappa shape index (κ3) is 5.48. The Hall–Kier alpha value is -3.03. The standard InChI is InChI=1S/C20H25FN6O/c1-14(2)11-12-22-20(28)10-9-19-25-24-18-8-7-17(26-27(18)19)23-13-15-3-5-16(21)6-4-15/h3-8,14H,9-13H2,1-2H3,(H,22,28)(H,23,26). The summed E-state index contributed by atoms with van der Waals surface area (Å²) in [4.78, 5) is 12.0. The van der Waals surface area contributed by atoms with Crippen LogP contribution in [0.5, 0.6) is 0 Å². The maximum absolute atomic E-state index is 13.0. The first-order valence-corrected chi connectivity index (χ1v) is 9.47. The molecule has 3 aromatic rings. The Bertz CT molecular complexity index is 922. The van der Waals surface area contributed by atoms with Crippen LogP contribution in [-0.2, 0) is 17.8 Å². The quantitative estimate of drug-likeness (QED) is 0.593. The van der Waals surface area contributed by atoms with E-state index in [2.05, 4.69) is 39.8 Å². The normalized spacial score (nSPS) is 11.1. The molecule has 3 rings (SSSR count). The van der Waals surface area contributed by atoms with Crippen molar-refractivity contribution >= 4 is 17.4 Å². The number of amides is 1. The van der Waals surface area contributed by atoms with Gasteiger partial charge in [-0.15, -0.1) is 15.3 Å². The lowest BCUT2D eigenvalue weighted by molar-refractivity contribution is -0.121. The smallest absolute Gasteiger partial charge is 0.220 e. The lowest BCUT2D eigenvalue weighted by Gasteiger charge is -2.07. The van der Waals surface area contributed by atoms with Crippen LogP contribution >= 0.6 is 0 Å². The second-order valence-corrected chi connectivity index (χ2v) is 7.12. The van der Waals surface area contributed by atoms with Crippen LogP contribution in [0.4, 0.5) is 10.2 Å². The summed E-state index contributed by atoms with van der Waals surface area (Å²) in [7, 11) is 0. The summed E-state index contributed by atoms with van der Waals surface area (Å²) < 4.78 is 14.6. The Morgan fingerprint density at radius 1 is 1.14 bits per heavy atom. The average molecular weight is 384 g/mol. The van der Waals surface area contributed by atoms with Crippen molar-refractivity contribution in [2.24, 2.45) is 5.92 Å². The van der Waals surface area contributed by atoms with Gasteiger partial charge in [-0.25, -0.2) is 4.39 Å². The van der Waals surface area contributed by atoms with Gasteiger partial charge >= 0.3 is 0 Å². The molecule has 0 fully saturated rings. The van der Waals surface area contributed by atoms with Gasteiger partial charge in [0.15, 0.2) is 11.5 Å². The number of hydrogen-bond donors (Lipinski definition) is 2. The minimum atomic E-state index is -0.259. The van der Waals surface area contributed by atoms with E-state index in [9.17, 15) is 9.18 Å². The maximum Gasteiger partial charge on any atom is 0.220 e. The third-order valence-electron chi connectivity index (χ3n) is 4.33. The minimum Gasteiger partial charge on any atom is -0.365 e. The first kappa shape index (κ1) is 19.7. The zero-order chi connectivity index (χ0) is 19.9. The number of fused-ring (bicyclic) bond motifs is 1. The van der Waals surface area contributed by atoms with Gasteiger partial charge in [-0.2, -0.15) is 4.52 Å². The fourth-order valence-electron chi connectivity index (χ4n) is 2.69. The van der Waals surface area contributed by atoms with Crippen molar-refractivity contribution in [1.82, 2.24) is 25.1 Å². The third-order valence-corrected chi connectivity index (χ3v) is 4.33. The number of aromatic nitrogens is 4. The van der Waals surface area contributed by atoms with Crippen LogP contribution in [0.2, 0.25) is 0 Å². The number of carbonyl (C=O) groups is 1. The summed E-state index contributed by atoms with van der Waals surface area (Å²) >= 11 is 0. The number of nitrogens with zero attached hydrogens (tertiary/aromatic N) is 4. The molecule has 0 spiro atoms. The molecule has 0 aliphatic rings. The van der Waals surface area contributed by atoms with Gasteiger partial charge in [-0.1, -0.05) is 26.0 Å². The molecule has 0 atom stereocenters. The molecule has 0 aliphatic heterocycles. The van der Waals surface area contributed by atoms with Crippen LogP contribution in [0.3, 0.4) is 0 Å². The first-order valence-electron chi connectivity index (χ1n) is 9.47. The van der Waals surface area contributed by atoms with Gasteiger partial charge < -0.3 is 10.6 Å². The lowest BCUT2D eigenvalue weighted by atomic mass is 10.1. The number of nitrogens with one attached hydrogen (secondary N) is 2. The maximum atomic E-state index is 13.0. The number of rotatable bonds is 9. The monoisotopic (exact) mass is 384 g/mol. The van der Waals surface area contributed by atoms with E-state index in [1.54, 1.807) is 16.6 Å². The van der Waals surface area contributed by atoms with Gasteiger partial charge in [0.1, 0.15) is 11.6 Å². The number of benzene rings is 1. The molecule has 1 aromatic carbocycles. The van der Waals surface area contributed by atoms with Crippen molar-refractivity contribution < 1.29 is 9.18 Å². The van der Waals surface area contributed by atoms with E-state index in [4.69, 9.17) is 0 Å². The fourth-order valence-corrected chi connectivity index (χ4v) is 2.69. The summed E-state index contributed by atoms with van der Waals surface area (Å²) in [5, 5.41) is 18.9. The summed E-state index contributed by atoms with van der Waals surface area (Å²) in [5.74, 6) is 1.60. The Balaban J connectivity index is 1.58. The van der Waals surface area contributed by atoms with Crippen LogP contribution in [0.1, 0.15) is 38.1 Å². The number of carbonyl (C=O) groups excluding carboxylic acids is 1. The molecule has 2 aromatic heterocycles. The number of aryl methyl sites for hydroxylation is 1. The molecule has 2 heterocycles. The largest absolute Gasteiger partial charge is 0.365 e. The highest BCUT2D eigenvalue weighted by Crippen LogP contribution is 2.11. The molecular weight excluding hydrogens is 359 g/mol. The zero-order valence-corrected chi connectivity index (χ0v) is 16.2. The highest BCUT2D eigenvalue weighted by molar-refractivity contribution is 5.76. The number of hydrogen-bond acceptors (Lipinski definition) is 5. The Labute approximate surface area is 163 Å². The van der Waals surface area contributed by atoms with Crippen molar-refractivity contribution in [2.45, 2.75) is 39.7 Å². The predicted octanol–water partition coefficient (Wildman–Crippen LogP) is 2.97. The molecule has 0 radical (unpaired) electrons. The van der Waals surface area contributed by atoms with Crippen LogP contribution in [0.15, 0.2) is 36.4 Å². The van der Waals surface area contributed by atoms with E-state index in [1.807, 2.05) is 12.1 Å². The van der Waals surface area contributed by atoms with E-state index in [0.29, 0.717) is 49.1 Å². The van der Waals surface area contributed by atoms with Crippen molar-refractivity contribution in [3.63, 3.8) is 0 Å². The van der Waals surface area contributed by atoms with E-state index < -0.39 is 0 Å². The molecule has 148 valence electrons. The molecule has 1 amide bonds. The van der Waals surface area contributed by atoms with Gasteiger partial charge in [0.05, 0.1) is 0 Å². The molecular formula is C20H25FN6O. The molecule has 2 N–H and O–H groups in total. The summed E-state index contributed by atoms with van der Waals surface area (Å²) in [6.45, 7) is 5.46. The van der Waals surface area contributed by atoms with Crippen LogP contribution < -0.4 is 10.6 Å². The molecule has 0 aliphatic carbocycles. The second kappa shape index (κ2) is 9.25. The molecule has 0 bridgehead atoms. The highest BCUT2D eigenvalue weighted by Gasteiger charge is 2.10. The molecule has 7 nitrogen and oxygen atoms in total. The molecule has 8 heteroatoms. The van der Waals surface area contributed by atoms with Crippen molar-refractivity contribution in [2.75, 3.05) is 11.9 Å². The zero-order valence-electron chi connectivity index (χ0n) is 16.2. The lowest BCUT2D eigenvalue weighted by Crippen LogP contribution is -2.25. The SMILES string of the molecule is CC(C)CCNC(=O)CCc1nnc2ccc(NCc3ccc(F)cc3)nn12. The van der Waals surface area contributed by atoms with Crippen LogP contribution in [0.25, 0.3) is 5.65 Å². The van der Waals surface area contributed by atoms with E-state index >= 15 is 0 Å². The molecule has 0 saturated heterocycles. The van der Waals surface area contributed by atoms with Crippen molar-refractivity contribution in [1.29, 1.82) is 0 Å². The summed E-state index contributed by atoms with van der Waals surface area (Å²) in [6.07, 6.45) is 1.77. The Kier molecular flexibility index (Phi) is 6.52. The predicted molar refractivity (Wildman–Crippen MR) is 105 cm³/mol. The van der Waals surface area contributed by atoms with Gasteiger partial charge in [0.2, 0.25) is 5.91 Å². The topological polar surface area (TPSA) is 84.2 Å². The summed E-state index contributed by atoms with van der Waals surface area (Å²) in [6, 6.07) is 9.94. The molecule has 0 unspecified atom stereocenters. The summed E-state index contributed by atoms with van der Waals surface area (Å²) in [5.41, 5.74) is 1.58. The fraction of sp³-hybridized carbons (Fsp3) is 0.400. The van der Waals surface area contributed by atoms with Crippen LogP contribution in [0, 0.1) is 11.7 Å². The second-order valence-electron chi connectivity index (χ2n) is 7.12. The molecule has 28 heavy (non-hydrogen) atoms. The van der Waals surface area contributed by atoms with E-state index in [-0.39, 0.29) is 11.7 Å². The highest BCUT2D eigenvalue weighted by atomic mass is 19.1.